The summed E-state index contributed by atoms with van der Waals surface area (Å²) in [6.07, 6.45) is 1.14. The van der Waals surface area contributed by atoms with Gasteiger partial charge in [-0.25, -0.2) is 0 Å². The highest BCUT2D eigenvalue weighted by Crippen LogP contribution is 2.16. The van der Waals surface area contributed by atoms with Gasteiger partial charge in [-0.15, -0.1) is 12.4 Å². The Morgan fingerprint density at radius 2 is 2.12 bits per heavy atom. The van der Waals surface area contributed by atoms with Gasteiger partial charge in [-0.2, -0.15) is 0 Å². The van der Waals surface area contributed by atoms with Gasteiger partial charge in [0, 0.05) is 25.7 Å². The summed E-state index contributed by atoms with van der Waals surface area (Å²) in [4.78, 5) is 2.45. The van der Waals surface area contributed by atoms with Gasteiger partial charge in [-0.05, 0) is 31.4 Å². The fourth-order valence-corrected chi connectivity index (χ4v) is 2.22. The van der Waals surface area contributed by atoms with Gasteiger partial charge in [0.25, 0.3) is 0 Å². The molecule has 0 radical (unpaired) electrons. The molecular formula is C13H21ClN2. The largest absolute Gasteiger partial charge is 0.326 e. The Labute approximate surface area is 104 Å². The molecule has 1 saturated heterocycles. The van der Waals surface area contributed by atoms with Gasteiger partial charge >= 0.3 is 0 Å². The number of halogens is 1. The van der Waals surface area contributed by atoms with Crippen molar-refractivity contribution in [2.45, 2.75) is 32.9 Å². The Balaban J connectivity index is 0.00000128. The molecular weight excluding hydrogens is 220 g/mol. The Morgan fingerprint density at radius 1 is 1.38 bits per heavy atom. The second-order valence-electron chi connectivity index (χ2n) is 4.71. The van der Waals surface area contributed by atoms with E-state index in [1.54, 1.807) is 0 Å². The van der Waals surface area contributed by atoms with Crippen molar-refractivity contribution in [1.29, 1.82) is 0 Å². The molecule has 1 aliphatic heterocycles. The molecule has 90 valence electrons. The van der Waals surface area contributed by atoms with Gasteiger partial charge in [-0.1, -0.05) is 23.8 Å². The first-order chi connectivity index (χ1) is 7.15. The highest BCUT2D eigenvalue weighted by molar-refractivity contribution is 5.85. The summed E-state index contributed by atoms with van der Waals surface area (Å²) in [6, 6.07) is 7.06. The molecule has 0 bridgehead atoms. The molecule has 1 heterocycles. The van der Waals surface area contributed by atoms with Gasteiger partial charge in [-0.3, -0.25) is 4.90 Å². The standard InChI is InChI=1S/C13H20N2.ClH/c1-10-3-4-11(2)12(7-10)8-15-6-5-13(14)9-15;/h3-4,7,13H,5-6,8-9,14H2,1-2H3;1H/t13-;/m0./s1. The molecule has 3 heteroatoms. The lowest BCUT2D eigenvalue weighted by Crippen LogP contribution is -2.26. The van der Waals surface area contributed by atoms with Crippen LogP contribution < -0.4 is 5.73 Å². The summed E-state index contributed by atoms with van der Waals surface area (Å²) in [6.45, 7) is 7.59. The van der Waals surface area contributed by atoms with Crippen molar-refractivity contribution in [3.05, 3.63) is 34.9 Å². The zero-order valence-corrected chi connectivity index (χ0v) is 10.9. The maximum absolute atomic E-state index is 5.91. The zero-order chi connectivity index (χ0) is 10.8. The molecule has 2 rings (SSSR count). The summed E-state index contributed by atoms with van der Waals surface area (Å²) in [7, 11) is 0. The van der Waals surface area contributed by atoms with E-state index in [1.807, 2.05) is 0 Å². The second-order valence-corrected chi connectivity index (χ2v) is 4.71. The number of rotatable bonds is 2. The van der Waals surface area contributed by atoms with E-state index in [1.165, 1.54) is 16.7 Å². The number of benzene rings is 1. The molecule has 0 aliphatic carbocycles. The normalized spacial score (nSPS) is 20.8. The van der Waals surface area contributed by atoms with Crippen LogP contribution in [0.3, 0.4) is 0 Å². The predicted molar refractivity (Wildman–Crippen MR) is 71.0 cm³/mol. The summed E-state index contributed by atoms with van der Waals surface area (Å²) in [5, 5.41) is 0. The molecule has 0 saturated carbocycles. The Morgan fingerprint density at radius 3 is 2.75 bits per heavy atom. The van der Waals surface area contributed by atoms with E-state index in [-0.39, 0.29) is 12.4 Å². The Kier molecular flexibility index (Phi) is 4.78. The molecule has 1 fully saturated rings. The van der Waals surface area contributed by atoms with Crippen LogP contribution >= 0.6 is 12.4 Å². The molecule has 0 amide bonds. The maximum Gasteiger partial charge on any atom is 0.0237 e. The van der Waals surface area contributed by atoms with Crippen molar-refractivity contribution in [2.75, 3.05) is 13.1 Å². The monoisotopic (exact) mass is 240 g/mol. The lowest BCUT2D eigenvalue weighted by Gasteiger charge is -2.17. The molecule has 1 atom stereocenters. The number of nitrogens with zero attached hydrogens (tertiary/aromatic N) is 1. The van der Waals surface area contributed by atoms with Crippen LogP contribution in [-0.2, 0) is 6.54 Å². The van der Waals surface area contributed by atoms with E-state index in [0.717, 1.165) is 26.1 Å². The molecule has 0 unspecified atom stereocenters. The number of hydrogen-bond donors (Lipinski definition) is 1. The van der Waals surface area contributed by atoms with Gasteiger partial charge in [0.2, 0.25) is 0 Å². The topological polar surface area (TPSA) is 29.3 Å². The fraction of sp³-hybridized carbons (Fsp3) is 0.538. The van der Waals surface area contributed by atoms with Crippen molar-refractivity contribution in [1.82, 2.24) is 4.90 Å². The van der Waals surface area contributed by atoms with Crippen molar-refractivity contribution in [2.24, 2.45) is 5.73 Å². The van der Waals surface area contributed by atoms with Crippen molar-refractivity contribution < 1.29 is 0 Å². The molecule has 0 aromatic heterocycles. The maximum atomic E-state index is 5.91. The van der Waals surface area contributed by atoms with Crippen LogP contribution in [0.25, 0.3) is 0 Å². The molecule has 1 aromatic carbocycles. The van der Waals surface area contributed by atoms with Crippen molar-refractivity contribution in [3.8, 4) is 0 Å². The quantitative estimate of drug-likeness (QED) is 0.859. The fourth-order valence-electron chi connectivity index (χ4n) is 2.22. The zero-order valence-electron chi connectivity index (χ0n) is 10.1. The molecule has 16 heavy (non-hydrogen) atoms. The van der Waals surface area contributed by atoms with Crippen molar-refractivity contribution >= 4 is 12.4 Å². The third kappa shape index (κ3) is 3.21. The number of nitrogens with two attached hydrogens (primary N) is 1. The average Bonchev–Trinajstić information content (AvgIpc) is 2.58. The van der Waals surface area contributed by atoms with Crippen LogP contribution in [0, 0.1) is 13.8 Å². The first-order valence-corrected chi connectivity index (χ1v) is 5.69. The van der Waals surface area contributed by atoms with Crippen LogP contribution in [0.15, 0.2) is 18.2 Å². The van der Waals surface area contributed by atoms with Crippen LogP contribution in [0.4, 0.5) is 0 Å². The van der Waals surface area contributed by atoms with Crippen LogP contribution in [-0.4, -0.2) is 24.0 Å². The van der Waals surface area contributed by atoms with Gasteiger partial charge in [0.15, 0.2) is 0 Å². The summed E-state index contributed by atoms with van der Waals surface area (Å²) in [5.74, 6) is 0. The van der Waals surface area contributed by atoms with E-state index in [0.29, 0.717) is 6.04 Å². The third-order valence-corrected chi connectivity index (χ3v) is 3.21. The number of likely N-dealkylation sites (tertiary alicyclic amines) is 1. The van der Waals surface area contributed by atoms with E-state index in [4.69, 9.17) is 5.73 Å². The minimum absolute atomic E-state index is 0. The Bertz CT molecular complexity index is 352. The predicted octanol–water partition coefficient (Wildman–Crippen LogP) is 2.26. The lowest BCUT2D eigenvalue weighted by atomic mass is 10.1. The van der Waals surface area contributed by atoms with Crippen LogP contribution in [0.2, 0.25) is 0 Å². The first kappa shape index (κ1) is 13.5. The second kappa shape index (κ2) is 5.67. The number of hydrogen-bond acceptors (Lipinski definition) is 2. The van der Waals surface area contributed by atoms with Gasteiger partial charge in [0.05, 0.1) is 0 Å². The number of aryl methyl sites for hydroxylation is 2. The highest BCUT2D eigenvalue weighted by atomic mass is 35.5. The van der Waals surface area contributed by atoms with E-state index >= 15 is 0 Å². The van der Waals surface area contributed by atoms with Crippen molar-refractivity contribution in [3.63, 3.8) is 0 Å². The highest BCUT2D eigenvalue weighted by Gasteiger charge is 2.19. The van der Waals surface area contributed by atoms with Crippen LogP contribution in [0.5, 0.6) is 0 Å². The summed E-state index contributed by atoms with van der Waals surface area (Å²) in [5.41, 5.74) is 10.1. The first-order valence-electron chi connectivity index (χ1n) is 5.69. The average molecular weight is 241 g/mol. The smallest absolute Gasteiger partial charge is 0.0237 e. The molecule has 2 N–H and O–H groups in total. The summed E-state index contributed by atoms with van der Waals surface area (Å²) < 4.78 is 0. The third-order valence-electron chi connectivity index (χ3n) is 3.21. The van der Waals surface area contributed by atoms with E-state index < -0.39 is 0 Å². The Hall–Kier alpha value is -0.570. The van der Waals surface area contributed by atoms with Gasteiger partial charge < -0.3 is 5.73 Å². The molecule has 2 nitrogen and oxygen atoms in total. The van der Waals surface area contributed by atoms with E-state index in [2.05, 4.69) is 36.9 Å². The molecule has 1 aliphatic rings. The van der Waals surface area contributed by atoms with E-state index in [9.17, 15) is 0 Å². The SMILES string of the molecule is Cc1ccc(C)c(CN2CC[C@H](N)C2)c1.Cl. The minimum atomic E-state index is 0. The molecule has 1 aromatic rings. The summed E-state index contributed by atoms with van der Waals surface area (Å²) >= 11 is 0. The lowest BCUT2D eigenvalue weighted by molar-refractivity contribution is 0.326. The van der Waals surface area contributed by atoms with Gasteiger partial charge in [0.1, 0.15) is 0 Å². The van der Waals surface area contributed by atoms with Crippen LogP contribution in [0.1, 0.15) is 23.1 Å². The minimum Gasteiger partial charge on any atom is -0.326 e. The molecule has 0 spiro atoms.